The van der Waals surface area contributed by atoms with E-state index in [2.05, 4.69) is 39.8 Å². The van der Waals surface area contributed by atoms with Crippen LogP contribution in [0.4, 0.5) is 0 Å². The molecule has 27 heavy (non-hydrogen) atoms. The van der Waals surface area contributed by atoms with Gasteiger partial charge in [0.05, 0.1) is 19.3 Å². The van der Waals surface area contributed by atoms with Gasteiger partial charge in [-0.25, -0.2) is 0 Å². The van der Waals surface area contributed by atoms with Crippen LogP contribution in [0, 0.1) is 0 Å². The first-order valence-corrected chi connectivity index (χ1v) is 9.64. The lowest BCUT2D eigenvalue weighted by Gasteiger charge is -2.36. The van der Waals surface area contributed by atoms with Crippen LogP contribution < -0.4 is 5.32 Å². The average Bonchev–Trinajstić information content (AvgIpc) is 2.67. The quantitative estimate of drug-likeness (QED) is 0.191. The highest BCUT2D eigenvalue weighted by Gasteiger charge is 2.24. The number of unbranched alkanes of at least 4 members (excludes halogenated alkanes) is 1. The standard InChI is InChI=1S/C20H31ClN4O.HI/c1-4-5-8-11-24(3)20(22-2)23-16-19(25-12-14-26-15-13-25)17-9-6-7-10-18(17)21;/h4,6-7,9-10,19H,1,5,8,11-16H2,2-3H3,(H,22,23);1H. The van der Waals surface area contributed by atoms with Crippen molar-refractivity contribution in [1.29, 1.82) is 0 Å². The summed E-state index contributed by atoms with van der Waals surface area (Å²) in [5.74, 6) is 0.902. The molecule has 0 bridgehead atoms. The number of hydrogen-bond acceptors (Lipinski definition) is 3. The maximum Gasteiger partial charge on any atom is 0.193 e. The molecule has 1 fully saturated rings. The van der Waals surface area contributed by atoms with Gasteiger partial charge in [0.1, 0.15) is 0 Å². The highest BCUT2D eigenvalue weighted by Crippen LogP contribution is 2.27. The average molecular weight is 507 g/mol. The number of benzene rings is 1. The molecule has 1 saturated heterocycles. The van der Waals surface area contributed by atoms with E-state index in [1.165, 1.54) is 0 Å². The van der Waals surface area contributed by atoms with E-state index < -0.39 is 0 Å². The largest absolute Gasteiger partial charge is 0.379 e. The Hall–Kier alpha value is -0.830. The second kappa shape index (κ2) is 13.4. The van der Waals surface area contributed by atoms with E-state index in [9.17, 15) is 0 Å². The van der Waals surface area contributed by atoms with Gasteiger partial charge < -0.3 is 15.0 Å². The summed E-state index contributed by atoms with van der Waals surface area (Å²) in [5.41, 5.74) is 1.15. The highest BCUT2D eigenvalue weighted by atomic mass is 127. The lowest BCUT2D eigenvalue weighted by Crippen LogP contribution is -2.47. The van der Waals surface area contributed by atoms with Gasteiger partial charge in [-0.05, 0) is 24.5 Å². The number of hydrogen-bond donors (Lipinski definition) is 1. The van der Waals surface area contributed by atoms with Crippen LogP contribution >= 0.6 is 35.6 Å². The van der Waals surface area contributed by atoms with Crippen LogP contribution in [-0.2, 0) is 4.74 Å². The highest BCUT2D eigenvalue weighted by molar-refractivity contribution is 14.0. The molecule has 1 heterocycles. The van der Waals surface area contributed by atoms with E-state index in [1.807, 2.05) is 31.3 Å². The second-order valence-corrected chi connectivity index (χ2v) is 6.87. The van der Waals surface area contributed by atoms with Crippen LogP contribution in [0.1, 0.15) is 24.4 Å². The zero-order chi connectivity index (χ0) is 18.8. The Morgan fingerprint density at radius 2 is 2.11 bits per heavy atom. The Kier molecular flexibility index (Phi) is 12.0. The fraction of sp³-hybridized carbons (Fsp3) is 0.550. The van der Waals surface area contributed by atoms with E-state index in [0.29, 0.717) is 0 Å². The van der Waals surface area contributed by atoms with Crippen molar-refractivity contribution >= 4 is 41.5 Å². The molecule has 152 valence electrons. The summed E-state index contributed by atoms with van der Waals surface area (Å²) in [7, 11) is 3.89. The van der Waals surface area contributed by atoms with E-state index in [1.54, 1.807) is 0 Å². The summed E-state index contributed by atoms with van der Waals surface area (Å²) in [6.07, 6.45) is 4.03. The first kappa shape index (κ1) is 24.2. The third-order valence-electron chi connectivity index (χ3n) is 4.68. The molecular weight excluding hydrogens is 475 g/mol. The zero-order valence-corrected chi connectivity index (χ0v) is 19.5. The van der Waals surface area contributed by atoms with Crippen molar-refractivity contribution in [2.24, 2.45) is 4.99 Å². The summed E-state index contributed by atoms with van der Waals surface area (Å²) >= 11 is 6.50. The number of morpholine rings is 1. The van der Waals surface area contributed by atoms with Gasteiger partial charge in [0.15, 0.2) is 5.96 Å². The van der Waals surface area contributed by atoms with E-state index >= 15 is 0 Å². The summed E-state index contributed by atoms with van der Waals surface area (Å²) < 4.78 is 5.52. The molecule has 1 atom stereocenters. The van der Waals surface area contributed by atoms with Crippen LogP contribution in [-0.4, -0.2) is 69.2 Å². The lowest BCUT2D eigenvalue weighted by molar-refractivity contribution is 0.0169. The van der Waals surface area contributed by atoms with Gasteiger partial charge in [0.25, 0.3) is 0 Å². The Bertz CT molecular complexity index is 593. The Morgan fingerprint density at radius 1 is 1.41 bits per heavy atom. The number of allylic oxidation sites excluding steroid dienone is 1. The van der Waals surface area contributed by atoms with Crippen molar-refractivity contribution in [3.8, 4) is 0 Å². The van der Waals surface area contributed by atoms with E-state index in [0.717, 1.165) is 68.8 Å². The third-order valence-corrected chi connectivity index (χ3v) is 5.02. The van der Waals surface area contributed by atoms with E-state index in [-0.39, 0.29) is 30.0 Å². The van der Waals surface area contributed by atoms with Gasteiger partial charge in [0.2, 0.25) is 0 Å². The number of aliphatic imine (C=N–C) groups is 1. The molecule has 1 aliphatic rings. The minimum Gasteiger partial charge on any atom is -0.379 e. The Labute approximate surface area is 185 Å². The van der Waals surface area contributed by atoms with Gasteiger partial charge in [-0.3, -0.25) is 9.89 Å². The van der Waals surface area contributed by atoms with Crippen LogP contribution in [0.25, 0.3) is 0 Å². The topological polar surface area (TPSA) is 40.1 Å². The predicted octanol–water partition coefficient (Wildman–Crippen LogP) is 3.80. The van der Waals surface area contributed by atoms with Crippen molar-refractivity contribution in [3.05, 3.63) is 47.5 Å². The minimum absolute atomic E-state index is 0. The molecule has 1 aliphatic heterocycles. The molecule has 1 unspecified atom stereocenters. The molecule has 0 amide bonds. The molecule has 0 spiro atoms. The first-order valence-electron chi connectivity index (χ1n) is 9.26. The van der Waals surface area contributed by atoms with E-state index in [4.69, 9.17) is 16.3 Å². The monoisotopic (exact) mass is 506 g/mol. The van der Waals surface area contributed by atoms with Crippen molar-refractivity contribution in [2.45, 2.75) is 18.9 Å². The molecule has 0 aliphatic carbocycles. The molecule has 0 radical (unpaired) electrons. The van der Waals surface area contributed by atoms with Crippen LogP contribution in [0.3, 0.4) is 0 Å². The number of halogens is 2. The van der Waals surface area contributed by atoms with Crippen molar-refractivity contribution < 1.29 is 4.74 Å². The van der Waals surface area contributed by atoms with Crippen molar-refractivity contribution in [3.63, 3.8) is 0 Å². The molecule has 1 aromatic carbocycles. The van der Waals surface area contributed by atoms with Gasteiger partial charge >= 0.3 is 0 Å². The molecule has 7 heteroatoms. The molecular formula is C20H32ClIN4O. The molecule has 5 nitrogen and oxygen atoms in total. The summed E-state index contributed by atoms with van der Waals surface area (Å²) in [4.78, 5) is 9.02. The van der Waals surface area contributed by atoms with Crippen molar-refractivity contribution in [2.75, 3.05) is 53.5 Å². The van der Waals surface area contributed by atoms with Gasteiger partial charge in [-0.2, -0.15) is 0 Å². The number of nitrogens with zero attached hydrogens (tertiary/aromatic N) is 3. The first-order chi connectivity index (χ1) is 12.7. The van der Waals surface area contributed by atoms with Crippen molar-refractivity contribution in [1.82, 2.24) is 15.1 Å². The second-order valence-electron chi connectivity index (χ2n) is 6.47. The predicted molar refractivity (Wildman–Crippen MR) is 125 cm³/mol. The molecule has 0 aromatic heterocycles. The molecule has 1 N–H and O–H groups in total. The summed E-state index contributed by atoms with van der Waals surface area (Å²) in [6, 6.07) is 8.28. The Morgan fingerprint density at radius 3 is 2.74 bits per heavy atom. The number of rotatable bonds is 8. The minimum atomic E-state index is 0. The van der Waals surface area contributed by atoms with Gasteiger partial charge in [0, 0.05) is 45.3 Å². The van der Waals surface area contributed by atoms with Crippen LogP contribution in [0.15, 0.2) is 41.9 Å². The normalized spacial score (nSPS) is 16.3. The number of nitrogens with one attached hydrogen (secondary N) is 1. The van der Waals surface area contributed by atoms with Crippen LogP contribution in [0.5, 0.6) is 0 Å². The zero-order valence-electron chi connectivity index (χ0n) is 16.4. The maximum atomic E-state index is 6.50. The fourth-order valence-electron chi connectivity index (χ4n) is 3.22. The SMILES string of the molecule is C=CCCCN(C)C(=NC)NCC(c1ccccc1Cl)N1CCOCC1.I. The Balaban J connectivity index is 0.00000364. The molecule has 0 saturated carbocycles. The summed E-state index contributed by atoms with van der Waals surface area (Å²) in [6.45, 7) is 8.82. The van der Waals surface area contributed by atoms with Gasteiger partial charge in [-0.15, -0.1) is 30.6 Å². The smallest absolute Gasteiger partial charge is 0.193 e. The lowest BCUT2D eigenvalue weighted by atomic mass is 10.0. The molecule has 2 rings (SSSR count). The number of ether oxygens (including phenoxy) is 1. The number of guanidine groups is 1. The maximum absolute atomic E-state index is 6.50. The molecule has 1 aromatic rings. The van der Waals surface area contributed by atoms with Crippen LogP contribution in [0.2, 0.25) is 5.02 Å². The third kappa shape index (κ3) is 7.60. The fourth-order valence-corrected chi connectivity index (χ4v) is 3.48. The summed E-state index contributed by atoms with van der Waals surface area (Å²) in [5, 5.41) is 4.33. The van der Waals surface area contributed by atoms with Gasteiger partial charge in [-0.1, -0.05) is 35.9 Å².